The van der Waals surface area contributed by atoms with Gasteiger partial charge in [0.1, 0.15) is 5.82 Å². The zero-order valence-corrected chi connectivity index (χ0v) is 11.6. The molecule has 1 heterocycles. The van der Waals surface area contributed by atoms with E-state index in [4.69, 9.17) is 11.6 Å². The fraction of sp³-hybridized carbons (Fsp3) is 0.154. The highest BCUT2D eigenvalue weighted by molar-refractivity contribution is 9.10. The van der Waals surface area contributed by atoms with Crippen molar-refractivity contribution in [2.45, 2.75) is 12.5 Å². The summed E-state index contributed by atoms with van der Waals surface area (Å²) in [5, 5.41) is 10.6. The van der Waals surface area contributed by atoms with Crippen molar-refractivity contribution in [3.63, 3.8) is 0 Å². The van der Waals surface area contributed by atoms with Gasteiger partial charge in [0.05, 0.1) is 15.6 Å². The van der Waals surface area contributed by atoms with Crippen LogP contribution in [-0.4, -0.2) is 10.1 Å². The highest BCUT2D eigenvalue weighted by Gasteiger charge is 2.12. The van der Waals surface area contributed by atoms with Crippen LogP contribution in [0.4, 0.5) is 4.39 Å². The fourth-order valence-corrected chi connectivity index (χ4v) is 2.21. The van der Waals surface area contributed by atoms with Crippen molar-refractivity contribution in [2.24, 2.45) is 0 Å². The quantitative estimate of drug-likeness (QED) is 0.925. The first-order valence-electron chi connectivity index (χ1n) is 5.29. The third kappa shape index (κ3) is 3.07. The van der Waals surface area contributed by atoms with Gasteiger partial charge in [0.2, 0.25) is 0 Å². The summed E-state index contributed by atoms with van der Waals surface area (Å²) < 4.78 is 13.4. The van der Waals surface area contributed by atoms with E-state index in [1.165, 1.54) is 12.3 Å². The molecular weight excluding hydrogens is 321 g/mol. The molecule has 2 aromatic rings. The lowest BCUT2D eigenvalue weighted by molar-refractivity contribution is 0.178. The molecule has 1 N–H and O–H groups in total. The number of nitrogens with zero attached hydrogens (tertiary/aromatic N) is 1. The Bertz CT molecular complexity index is 564. The molecule has 1 aromatic carbocycles. The Hall–Kier alpha value is -0.970. The molecule has 2 nitrogen and oxygen atoms in total. The normalized spacial score (nSPS) is 12.4. The number of hydrogen-bond acceptors (Lipinski definition) is 2. The number of halogens is 3. The van der Waals surface area contributed by atoms with Gasteiger partial charge in [-0.3, -0.25) is 4.98 Å². The lowest BCUT2D eigenvalue weighted by Gasteiger charge is -2.12. The minimum atomic E-state index is -0.734. The molecule has 18 heavy (non-hydrogen) atoms. The summed E-state index contributed by atoms with van der Waals surface area (Å²) in [4.78, 5) is 3.88. The Morgan fingerprint density at radius 1 is 1.39 bits per heavy atom. The molecule has 0 fully saturated rings. The second kappa shape index (κ2) is 5.78. The van der Waals surface area contributed by atoms with Crippen molar-refractivity contribution in [3.05, 3.63) is 63.1 Å². The van der Waals surface area contributed by atoms with Gasteiger partial charge in [-0.15, -0.1) is 0 Å². The average molecular weight is 331 g/mol. The third-order valence-corrected chi connectivity index (χ3v) is 3.55. The summed E-state index contributed by atoms with van der Waals surface area (Å²) >= 11 is 9.06. The molecule has 1 atom stereocenters. The van der Waals surface area contributed by atoms with Gasteiger partial charge in [-0.1, -0.05) is 17.7 Å². The van der Waals surface area contributed by atoms with E-state index in [1.54, 1.807) is 24.4 Å². The first-order chi connectivity index (χ1) is 8.58. The van der Waals surface area contributed by atoms with Crippen LogP contribution in [0.2, 0.25) is 5.02 Å². The molecule has 2 rings (SSSR count). The first kappa shape index (κ1) is 13.5. The van der Waals surface area contributed by atoms with Crippen LogP contribution in [0.15, 0.2) is 41.1 Å². The lowest BCUT2D eigenvalue weighted by Crippen LogP contribution is -2.03. The molecule has 1 aromatic heterocycles. The molecule has 94 valence electrons. The zero-order valence-electron chi connectivity index (χ0n) is 9.28. The van der Waals surface area contributed by atoms with E-state index in [0.29, 0.717) is 21.5 Å². The largest absolute Gasteiger partial charge is 0.388 e. The Balaban J connectivity index is 2.19. The number of hydrogen-bond donors (Lipinski definition) is 1. The predicted molar refractivity (Wildman–Crippen MR) is 72.0 cm³/mol. The van der Waals surface area contributed by atoms with E-state index >= 15 is 0 Å². The molecule has 0 saturated carbocycles. The van der Waals surface area contributed by atoms with Crippen LogP contribution in [0.5, 0.6) is 0 Å². The van der Waals surface area contributed by atoms with Crippen LogP contribution >= 0.6 is 27.5 Å². The van der Waals surface area contributed by atoms with Gasteiger partial charge in [-0.2, -0.15) is 0 Å². The summed E-state index contributed by atoms with van der Waals surface area (Å²) in [6, 6.07) is 6.19. The Morgan fingerprint density at radius 3 is 2.83 bits per heavy atom. The van der Waals surface area contributed by atoms with E-state index < -0.39 is 6.10 Å². The van der Waals surface area contributed by atoms with E-state index in [9.17, 15) is 9.50 Å². The van der Waals surface area contributed by atoms with Crippen molar-refractivity contribution < 1.29 is 9.50 Å². The zero-order chi connectivity index (χ0) is 13.1. The molecule has 0 radical (unpaired) electrons. The van der Waals surface area contributed by atoms with E-state index in [1.807, 2.05) is 0 Å². The van der Waals surface area contributed by atoms with Gasteiger partial charge in [-0.05, 0) is 45.3 Å². The smallest absolute Gasteiger partial charge is 0.137 e. The van der Waals surface area contributed by atoms with Crippen LogP contribution in [-0.2, 0) is 6.42 Å². The van der Waals surface area contributed by atoms with Gasteiger partial charge >= 0.3 is 0 Å². The maximum absolute atomic E-state index is 13.1. The minimum absolute atomic E-state index is 0.333. The van der Waals surface area contributed by atoms with Crippen LogP contribution in [0.3, 0.4) is 0 Å². The topological polar surface area (TPSA) is 33.1 Å². The SMILES string of the molecule is OC(Cc1ccncc1Cl)c1ccc(F)c(Br)c1. The number of aliphatic hydroxyl groups is 1. The average Bonchev–Trinajstić information content (AvgIpc) is 2.35. The molecule has 0 aliphatic carbocycles. The Morgan fingerprint density at radius 2 is 2.17 bits per heavy atom. The molecule has 0 spiro atoms. The maximum Gasteiger partial charge on any atom is 0.137 e. The van der Waals surface area contributed by atoms with Gasteiger partial charge in [-0.25, -0.2) is 4.39 Å². The Labute approximate surface area is 118 Å². The summed E-state index contributed by atoms with van der Waals surface area (Å²) in [6.45, 7) is 0. The fourth-order valence-electron chi connectivity index (χ4n) is 1.62. The molecule has 0 bridgehead atoms. The van der Waals surface area contributed by atoms with Crippen LogP contribution in [0.25, 0.3) is 0 Å². The van der Waals surface area contributed by atoms with E-state index in [2.05, 4.69) is 20.9 Å². The summed E-state index contributed by atoms with van der Waals surface area (Å²) in [5.74, 6) is -0.354. The van der Waals surface area contributed by atoms with Crippen molar-refractivity contribution in [3.8, 4) is 0 Å². The van der Waals surface area contributed by atoms with Gasteiger partial charge in [0.25, 0.3) is 0 Å². The van der Waals surface area contributed by atoms with Crippen LogP contribution < -0.4 is 0 Å². The minimum Gasteiger partial charge on any atom is -0.388 e. The molecule has 0 saturated heterocycles. The number of pyridine rings is 1. The van der Waals surface area contributed by atoms with E-state index in [0.717, 1.165) is 5.56 Å². The second-order valence-corrected chi connectivity index (χ2v) is 5.12. The number of aliphatic hydroxyl groups excluding tert-OH is 1. The number of rotatable bonds is 3. The van der Waals surface area contributed by atoms with Crippen LogP contribution in [0.1, 0.15) is 17.2 Å². The summed E-state index contributed by atoms with van der Waals surface area (Å²) in [6.07, 6.45) is 2.78. The molecule has 0 aliphatic heterocycles. The Kier molecular flexibility index (Phi) is 4.32. The third-order valence-electron chi connectivity index (χ3n) is 2.60. The number of aromatic nitrogens is 1. The van der Waals surface area contributed by atoms with Crippen LogP contribution in [0, 0.1) is 5.82 Å². The van der Waals surface area contributed by atoms with Crippen molar-refractivity contribution in [1.82, 2.24) is 4.98 Å². The van der Waals surface area contributed by atoms with Crippen molar-refractivity contribution >= 4 is 27.5 Å². The standard InChI is InChI=1S/C13H10BrClFNO/c14-10-5-9(1-2-12(10)16)13(18)6-8-3-4-17-7-11(8)15/h1-5,7,13,18H,6H2. The van der Waals surface area contributed by atoms with Crippen molar-refractivity contribution in [2.75, 3.05) is 0 Å². The molecule has 0 aliphatic rings. The first-order valence-corrected chi connectivity index (χ1v) is 6.46. The monoisotopic (exact) mass is 329 g/mol. The molecule has 5 heteroatoms. The van der Waals surface area contributed by atoms with E-state index in [-0.39, 0.29) is 5.82 Å². The maximum atomic E-state index is 13.1. The molecule has 0 amide bonds. The highest BCUT2D eigenvalue weighted by Crippen LogP contribution is 2.25. The lowest BCUT2D eigenvalue weighted by atomic mass is 10.0. The second-order valence-electron chi connectivity index (χ2n) is 3.86. The molecule has 1 unspecified atom stereocenters. The summed E-state index contributed by atoms with van der Waals surface area (Å²) in [7, 11) is 0. The van der Waals surface area contributed by atoms with Gasteiger partial charge in [0, 0.05) is 18.8 Å². The van der Waals surface area contributed by atoms with Gasteiger partial charge < -0.3 is 5.11 Å². The summed E-state index contributed by atoms with van der Waals surface area (Å²) in [5.41, 5.74) is 1.44. The highest BCUT2D eigenvalue weighted by atomic mass is 79.9. The van der Waals surface area contributed by atoms with Crippen molar-refractivity contribution in [1.29, 1.82) is 0 Å². The number of benzene rings is 1. The van der Waals surface area contributed by atoms with Gasteiger partial charge in [0.15, 0.2) is 0 Å². The molecular formula is C13H10BrClFNO. The predicted octanol–water partition coefficient (Wildman–Crippen LogP) is 3.91.